The van der Waals surface area contributed by atoms with Crippen LogP contribution in [0.2, 0.25) is 5.15 Å². The van der Waals surface area contributed by atoms with E-state index in [1.807, 2.05) is 0 Å². The highest BCUT2D eigenvalue weighted by Gasteiger charge is 2.41. The van der Waals surface area contributed by atoms with Crippen molar-refractivity contribution in [1.82, 2.24) is 15.0 Å². The first kappa shape index (κ1) is 11.2. The highest BCUT2D eigenvalue weighted by Crippen LogP contribution is 2.37. The van der Waals surface area contributed by atoms with E-state index in [1.165, 1.54) is 0 Å². The van der Waals surface area contributed by atoms with Crippen LogP contribution in [-0.2, 0) is 0 Å². The summed E-state index contributed by atoms with van der Waals surface area (Å²) >= 11 is 5.65. The molecule has 4 nitrogen and oxygen atoms in total. The lowest BCUT2D eigenvalue weighted by Gasteiger charge is -2.13. The summed E-state index contributed by atoms with van der Waals surface area (Å²) in [7, 11) is 0. The Morgan fingerprint density at radius 2 is 2.06 bits per heavy atom. The van der Waals surface area contributed by atoms with Gasteiger partial charge < -0.3 is 10.1 Å². The Morgan fingerprint density at radius 1 is 1.38 bits per heavy atom. The van der Waals surface area contributed by atoms with Gasteiger partial charge in [0.25, 0.3) is 0 Å². The van der Waals surface area contributed by atoms with Gasteiger partial charge in [-0.15, -0.1) is 0 Å². The zero-order chi connectivity index (χ0) is 11.9. The number of aromatic nitrogens is 3. The molecule has 16 heavy (non-hydrogen) atoms. The second kappa shape index (κ2) is 3.60. The average molecular weight is 252 g/mol. The van der Waals surface area contributed by atoms with Gasteiger partial charge in [-0.3, -0.25) is 0 Å². The predicted octanol–water partition coefficient (Wildman–Crippen LogP) is 2.21. The molecule has 0 aliphatic carbocycles. The maximum absolute atomic E-state index is 12.3. The summed E-state index contributed by atoms with van der Waals surface area (Å²) in [5.41, 5.74) is -0.230. The van der Waals surface area contributed by atoms with Crippen LogP contribution in [0.1, 0.15) is 11.7 Å². The second-order valence-electron chi connectivity index (χ2n) is 3.08. The van der Waals surface area contributed by atoms with E-state index in [9.17, 15) is 13.2 Å². The molecule has 2 heterocycles. The van der Waals surface area contributed by atoms with Crippen molar-refractivity contribution in [2.75, 3.05) is 0 Å². The quantitative estimate of drug-likeness (QED) is 0.764. The molecule has 2 N–H and O–H groups in total. The highest BCUT2D eigenvalue weighted by molar-refractivity contribution is 6.34. The minimum Gasteiger partial charge on any atom is -0.379 e. The first-order valence-electron chi connectivity index (χ1n) is 4.13. The van der Waals surface area contributed by atoms with E-state index >= 15 is 0 Å². The van der Waals surface area contributed by atoms with Crippen molar-refractivity contribution in [2.24, 2.45) is 0 Å². The lowest BCUT2D eigenvalue weighted by atomic mass is 10.1. The third-order valence-corrected chi connectivity index (χ3v) is 2.35. The Balaban J connectivity index is 2.62. The third-order valence-electron chi connectivity index (χ3n) is 2.06. The molecule has 0 aliphatic rings. The maximum Gasteiger partial charge on any atom is 0.418 e. The monoisotopic (exact) mass is 251 g/mol. The molecule has 0 saturated heterocycles. The van der Waals surface area contributed by atoms with Crippen molar-refractivity contribution in [2.45, 2.75) is 12.3 Å². The molecule has 0 amide bonds. The molecule has 1 unspecified atom stereocenters. The van der Waals surface area contributed by atoms with Gasteiger partial charge in [-0.05, 0) is 0 Å². The Hall–Kier alpha value is -1.34. The van der Waals surface area contributed by atoms with Crippen LogP contribution in [-0.4, -0.2) is 26.2 Å². The van der Waals surface area contributed by atoms with Gasteiger partial charge >= 0.3 is 6.18 Å². The minimum absolute atomic E-state index is 0.0195. The predicted molar refractivity (Wildman–Crippen MR) is 49.9 cm³/mol. The number of fused-ring (bicyclic) bond motifs is 1. The summed E-state index contributed by atoms with van der Waals surface area (Å²) in [6, 6.07) is 0. The van der Waals surface area contributed by atoms with Gasteiger partial charge in [0.1, 0.15) is 17.1 Å². The van der Waals surface area contributed by atoms with E-state index in [0.29, 0.717) is 0 Å². The van der Waals surface area contributed by atoms with Crippen molar-refractivity contribution in [3.8, 4) is 0 Å². The first-order valence-corrected chi connectivity index (χ1v) is 4.51. The van der Waals surface area contributed by atoms with Crippen molar-refractivity contribution in [1.29, 1.82) is 0 Å². The number of H-pyrrole nitrogens is 1. The average Bonchev–Trinajstić information content (AvgIpc) is 2.60. The molecule has 1 atom stereocenters. The van der Waals surface area contributed by atoms with Crippen LogP contribution >= 0.6 is 11.6 Å². The van der Waals surface area contributed by atoms with Crippen LogP contribution in [0.5, 0.6) is 0 Å². The number of nitrogens with one attached hydrogen (secondary N) is 1. The fourth-order valence-electron chi connectivity index (χ4n) is 1.34. The van der Waals surface area contributed by atoms with Crippen molar-refractivity contribution < 1.29 is 18.3 Å². The molecule has 0 radical (unpaired) electrons. The topological polar surface area (TPSA) is 61.8 Å². The molecule has 2 aromatic heterocycles. The van der Waals surface area contributed by atoms with Gasteiger partial charge in [0.2, 0.25) is 0 Å². The van der Waals surface area contributed by atoms with E-state index in [4.69, 9.17) is 16.7 Å². The molecule has 8 heteroatoms. The SMILES string of the molecule is OC(c1c[nH]c2ncnc(Cl)c12)C(F)(F)F. The Morgan fingerprint density at radius 3 is 2.69 bits per heavy atom. The Kier molecular flexibility index (Phi) is 2.51. The number of aromatic amines is 1. The molecule has 0 aliphatic heterocycles. The van der Waals surface area contributed by atoms with Gasteiger partial charge in [-0.25, -0.2) is 9.97 Å². The summed E-state index contributed by atoms with van der Waals surface area (Å²) in [5.74, 6) is 0. The fraction of sp³-hybridized carbons (Fsp3) is 0.250. The summed E-state index contributed by atoms with van der Waals surface area (Å²) in [6.45, 7) is 0. The van der Waals surface area contributed by atoms with Gasteiger partial charge in [0.15, 0.2) is 6.10 Å². The normalized spacial score (nSPS) is 14.3. The van der Waals surface area contributed by atoms with Crippen LogP contribution in [0.3, 0.4) is 0 Å². The third kappa shape index (κ3) is 1.72. The maximum atomic E-state index is 12.3. The Bertz CT molecular complexity index is 525. The molecule has 0 aromatic carbocycles. The van der Waals surface area contributed by atoms with Crippen molar-refractivity contribution in [3.05, 3.63) is 23.2 Å². The summed E-state index contributed by atoms with van der Waals surface area (Å²) in [4.78, 5) is 9.74. The van der Waals surface area contributed by atoms with E-state index in [1.54, 1.807) is 0 Å². The van der Waals surface area contributed by atoms with Crippen LogP contribution in [0, 0.1) is 0 Å². The fourth-order valence-corrected chi connectivity index (χ4v) is 1.58. The number of hydrogen-bond donors (Lipinski definition) is 2. The minimum atomic E-state index is -4.76. The number of aliphatic hydroxyl groups is 1. The molecule has 2 rings (SSSR count). The van der Waals surface area contributed by atoms with Crippen molar-refractivity contribution >= 4 is 22.6 Å². The molecule has 86 valence electrons. The molecular formula is C8H5ClF3N3O. The standard InChI is InChI=1S/C8H5ClF3N3O/c9-6-4-3(5(16)8(10,11)12)1-13-7(4)15-2-14-6/h1-2,5,16H,(H,13,14,15). The van der Waals surface area contributed by atoms with Gasteiger partial charge in [-0.1, -0.05) is 11.6 Å². The number of halogens is 4. The largest absolute Gasteiger partial charge is 0.418 e. The number of hydrogen-bond acceptors (Lipinski definition) is 3. The number of aliphatic hydroxyl groups excluding tert-OH is 1. The molecule has 0 bridgehead atoms. The Labute approximate surface area is 92.1 Å². The number of rotatable bonds is 1. The number of alkyl halides is 3. The lowest BCUT2D eigenvalue weighted by Crippen LogP contribution is -2.19. The van der Waals surface area contributed by atoms with Gasteiger partial charge in [0, 0.05) is 11.8 Å². The van der Waals surface area contributed by atoms with E-state index in [0.717, 1.165) is 12.5 Å². The van der Waals surface area contributed by atoms with E-state index < -0.39 is 12.3 Å². The zero-order valence-corrected chi connectivity index (χ0v) is 8.34. The first-order chi connectivity index (χ1) is 7.41. The van der Waals surface area contributed by atoms with Crippen molar-refractivity contribution in [3.63, 3.8) is 0 Å². The van der Waals surface area contributed by atoms with E-state index in [2.05, 4.69) is 15.0 Å². The molecule has 0 spiro atoms. The smallest absolute Gasteiger partial charge is 0.379 e. The molecule has 0 fully saturated rings. The summed E-state index contributed by atoms with van der Waals surface area (Å²) in [5, 5.41) is 8.96. The zero-order valence-electron chi connectivity index (χ0n) is 7.59. The summed E-state index contributed by atoms with van der Waals surface area (Å²) < 4.78 is 37.0. The van der Waals surface area contributed by atoms with Gasteiger partial charge in [0.05, 0.1) is 5.39 Å². The number of nitrogens with zero attached hydrogens (tertiary/aromatic N) is 2. The summed E-state index contributed by atoms with van der Waals surface area (Å²) in [6.07, 6.45) is -5.23. The van der Waals surface area contributed by atoms with Crippen LogP contribution in [0.15, 0.2) is 12.5 Å². The molecular weight excluding hydrogens is 247 g/mol. The molecule has 0 saturated carbocycles. The lowest BCUT2D eigenvalue weighted by molar-refractivity contribution is -0.206. The molecule has 2 aromatic rings. The van der Waals surface area contributed by atoms with Crippen LogP contribution in [0.25, 0.3) is 11.0 Å². The second-order valence-corrected chi connectivity index (χ2v) is 3.43. The van der Waals surface area contributed by atoms with Gasteiger partial charge in [-0.2, -0.15) is 13.2 Å². The van der Waals surface area contributed by atoms with Crippen LogP contribution < -0.4 is 0 Å². The highest BCUT2D eigenvalue weighted by atomic mass is 35.5. The van der Waals surface area contributed by atoms with E-state index in [-0.39, 0.29) is 21.7 Å². The van der Waals surface area contributed by atoms with Crippen LogP contribution in [0.4, 0.5) is 13.2 Å².